The van der Waals surface area contributed by atoms with Crippen molar-refractivity contribution >= 4 is 29.6 Å². The molecule has 3 aromatic carbocycles. The molecule has 1 atom stereocenters. The van der Waals surface area contributed by atoms with E-state index in [1.807, 2.05) is 90.1 Å². The zero-order chi connectivity index (χ0) is 32.2. The molecule has 0 aromatic heterocycles. The van der Waals surface area contributed by atoms with Crippen molar-refractivity contribution < 1.29 is 28.7 Å². The van der Waals surface area contributed by atoms with Gasteiger partial charge in [0, 0.05) is 37.5 Å². The molecule has 0 saturated heterocycles. The number of esters is 1. The molecule has 9 heteroatoms. The lowest BCUT2D eigenvalue weighted by molar-refractivity contribution is -0.146. The summed E-state index contributed by atoms with van der Waals surface area (Å²) in [6.07, 6.45) is -0.173. The second kappa shape index (κ2) is 13.3. The van der Waals surface area contributed by atoms with Crippen molar-refractivity contribution in [3.05, 3.63) is 93.5 Å². The minimum Gasteiger partial charge on any atom is -0.445 e. The number of nitrogens with zero attached hydrogens (tertiary/aromatic N) is 1. The van der Waals surface area contributed by atoms with Gasteiger partial charge in [-0.2, -0.15) is 0 Å². The summed E-state index contributed by atoms with van der Waals surface area (Å²) in [6.45, 7) is 13.1. The topological polar surface area (TPSA) is 114 Å². The molecule has 1 aliphatic heterocycles. The molecular weight excluding hydrogens is 558 g/mol. The maximum atomic E-state index is 13.8. The number of nitrogens with one attached hydrogen (secondary N) is 2. The number of rotatable bonds is 7. The molecule has 4 rings (SSSR count). The van der Waals surface area contributed by atoms with Gasteiger partial charge in [-0.05, 0) is 65.8 Å². The van der Waals surface area contributed by atoms with E-state index in [0.717, 1.165) is 38.9 Å². The normalized spacial score (nSPS) is 14.3. The first-order valence-electron chi connectivity index (χ1n) is 14.7. The Morgan fingerprint density at radius 1 is 0.909 bits per heavy atom. The quantitative estimate of drug-likeness (QED) is 0.258. The third-order valence-electron chi connectivity index (χ3n) is 7.79. The van der Waals surface area contributed by atoms with Crippen LogP contribution in [0.4, 0.5) is 10.5 Å². The van der Waals surface area contributed by atoms with Gasteiger partial charge in [-0.25, -0.2) is 4.79 Å². The molecule has 0 saturated carbocycles. The van der Waals surface area contributed by atoms with Crippen LogP contribution in [0.25, 0.3) is 0 Å². The number of hydrogen-bond donors (Lipinski definition) is 2. The lowest BCUT2D eigenvalue weighted by Crippen LogP contribution is -2.53. The molecule has 2 N–H and O–H groups in total. The summed E-state index contributed by atoms with van der Waals surface area (Å²) in [5.41, 5.74) is 5.83. The number of aryl methyl sites for hydroxylation is 1. The second-order valence-electron chi connectivity index (χ2n) is 12.3. The van der Waals surface area contributed by atoms with Gasteiger partial charge in [0.1, 0.15) is 18.4 Å². The monoisotopic (exact) mass is 599 g/mol. The van der Waals surface area contributed by atoms with Crippen molar-refractivity contribution in [2.75, 3.05) is 5.32 Å². The molecule has 1 aliphatic rings. The fourth-order valence-electron chi connectivity index (χ4n) is 5.28. The smallest absolute Gasteiger partial charge is 0.407 e. The van der Waals surface area contributed by atoms with Crippen LogP contribution >= 0.6 is 0 Å². The highest BCUT2D eigenvalue weighted by atomic mass is 16.5. The van der Waals surface area contributed by atoms with Crippen LogP contribution in [0.3, 0.4) is 0 Å². The van der Waals surface area contributed by atoms with E-state index < -0.39 is 23.5 Å². The van der Waals surface area contributed by atoms with Crippen LogP contribution in [0.1, 0.15) is 66.6 Å². The summed E-state index contributed by atoms with van der Waals surface area (Å²) in [7, 11) is 0. The van der Waals surface area contributed by atoms with Crippen LogP contribution in [0.5, 0.6) is 5.75 Å². The summed E-state index contributed by atoms with van der Waals surface area (Å²) >= 11 is 0. The number of amides is 3. The predicted octanol–water partition coefficient (Wildman–Crippen LogP) is 5.90. The second-order valence-corrected chi connectivity index (χ2v) is 12.3. The Balaban J connectivity index is 1.51. The SMILES string of the molecule is CC(=O)Oc1c(C)cc(NC(=O)[C@@H]2Cc3ccc(CNC(=O)OCc4ccccc4)cc3CN2C(=O)C(C)(C)C)c(C)c1C. The van der Waals surface area contributed by atoms with Gasteiger partial charge < -0.3 is 25.0 Å². The summed E-state index contributed by atoms with van der Waals surface area (Å²) in [5.74, 6) is -0.349. The van der Waals surface area contributed by atoms with Crippen molar-refractivity contribution in [1.82, 2.24) is 10.2 Å². The highest BCUT2D eigenvalue weighted by Gasteiger charge is 2.39. The average Bonchev–Trinajstić information content (AvgIpc) is 2.98. The van der Waals surface area contributed by atoms with Crippen LogP contribution in [-0.2, 0) is 45.2 Å². The molecule has 3 aromatic rings. The first-order chi connectivity index (χ1) is 20.7. The van der Waals surface area contributed by atoms with Crippen molar-refractivity contribution in [1.29, 1.82) is 0 Å². The molecule has 1 heterocycles. The van der Waals surface area contributed by atoms with Crippen molar-refractivity contribution in [3.8, 4) is 5.75 Å². The predicted molar refractivity (Wildman–Crippen MR) is 168 cm³/mol. The number of benzene rings is 3. The largest absolute Gasteiger partial charge is 0.445 e. The Morgan fingerprint density at radius 2 is 1.61 bits per heavy atom. The fraction of sp³-hybridized carbons (Fsp3) is 0.371. The first kappa shape index (κ1) is 32.3. The Kier molecular flexibility index (Phi) is 9.77. The highest BCUT2D eigenvalue weighted by molar-refractivity contribution is 5.99. The van der Waals surface area contributed by atoms with Gasteiger partial charge >= 0.3 is 12.1 Å². The third-order valence-corrected chi connectivity index (χ3v) is 7.79. The van der Waals surface area contributed by atoms with Crippen molar-refractivity contribution in [2.45, 2.75) is 80.6 Å². The number of ether oxygens (including phenoxy) is 2. The lowest BCUT2D eigenvalue weighted by atomic mass is 9.87. The zero-order valence-corrected chi connectivity index (χ0v) is 26.5. The molecule has 9 nitrogen and oxygen atoms in total. The summed E-state index contributed by atoms with van der Waals surface area (Å²) < 4.78 is 10.7. The lowest BCUT2D eigenvalue weighted by Gasteiger charge is -2.39. The Labute approximate surface area is 258 Å². The van der Waals surface area contributed by atoms with Crippen LogP contribution in [0, 0.1) is 26.2 Å². The molecular formula is C35H41N3O6. The third kappa shape index (κ3) is 7.64. The molecule has 0 spiro atoms. The van der Waals surface area contributed by atoms with E-state index in [1.165, 1.54) is 6.92 Å². The Hall–Kier alpha value is -4.66. The zero-order valence-electron chi connectivity index (χ0n) is 26.5. The first-order valence-corrected chi connectivity index (χ1v) is 14.7. The molecule has 0 aliphatic carbocycles. The van der Waals surface area contributed by atoms with Gasteiger partial charge in [-0.3, -0.25) is 14.4 Å². The Morgan fingerprint density at radius 3 is 2.27 bits per heavy atom. The molecule has 3 amide bonds. The molecule has 0 fully saturated rings. The molecule has 0 bridgehead atoms. The van der Waals surface area contributed by atoms with Crippen molar-refractivity contribution in [3.63, 3.8) is 0 Å². The number of fused-ring (bicyclic) bond motifs is 1. The van der Waals surface area contributed by atoms with Crippen LogP contribution in [-0.4, -0.2) is 34.8 Å². The Bertz CT molecular complexity index is 1580. The van der Waals surface area contributed by atoms with E-state index >= 15 is 0 Å². The van der Waals surface area contributed by atoms with Crippen LogP contribution in [0.15, 0.2) is 54.6 Å². The van der Waals surface area contributed by atoms with E-state index in [9.17, 15) is 19.2 Å². The standard InChI is InChI=1S/C35H41N3O6/c1-21-15-29(22(2)23(3)31(21)44-24(4)39)37-32(40)30-17-27-14-13-26(16-28(27)19-38(30)33(41)35(5,6)7)18-36-34(42)43-20-25-11-9-8-10-12-25/h8-16,30H,17-20H2,1-7H3,(H,36,42)(H,37,40)/t30-/m0/s1. The number of carbonyl (C=O) groups excluding carboxylic acids is 4. The number of carbonyl (C=O) groups is 4. The van der Waals surface area contributed by atoms with Gasteiger partial charge in [0.05, 0.1) is 0 Å². The maximum Gasteiger partial charge on any atom is 0.407 e. The van der Waals surface area contributed by atoms with E-state index in [1.54, 1.807) is 11.0 Å². The van der Waals surface area contributed by atoms with Crippen LogP contribution in [0.2, 0.25) is 0 Å². The van der Waals surface area contributed by atoms with E-state index in [0.29, 0.717) is 17.9 Å². The van der Waals surface area contributed by atoms with Crippen molar-refractivity contribution in [2.24, 2.45) is 5.41 Å². The molecule has 0 unspecified atom stereocenters. The van der Waals surface area contributed by atoms with Gasteiger partial charge in [0.25, 0.3) is 0 Å². The average molecular weight is 600 g/mol. The van der Waals surface area contributed by atoms with E-state index in [-0.39, 0.29) is 31.5 Å². The molecule has 232 valence electrons. The summed E-state index contributed by atoms with van der Waals surface area (Å²) in [4.78, 5) is 53.0. The van der Waals surface area contributed by atoms with E-state index in [2.05, 4.69) is 10.6 Å². The van der Waals surface area contributed by atoms with Gasteiger partial charge in [-0.1, -0.05) is 69.3 Å². The molecule has 44 heavy (non-hydrogen) atoms. The number of alkyl carbamates (subject to hydrolysis) is 1. The maximum absolute atomic E-state index is 13.8. The van der Waals surface area contributed by atoms with E-state index in [4.69, 9.17) is 9.47 Å². The highest BCUT2D eigenvalue weighted by Crippen LogP contribution is 2.34. The van der Waals surface area contributed by atoms with Gasteiger partial charge in [0.15, 0.2) is 0 Å². The number of hydrogen-bond acceptors (Lipinski definition) is 6. The fourth-order valence-corrected chi connectivity index (χ4v) is 5.28. The molecule has 0 radical (unpaired) electrons. The summed E-state index contributed by atoms with van der Waals surface area (Å²) in [5, 5.41) is 5.83. The van der Waals surface area contributed by atoms with Gasteiger partial charge in [0.2, 0.25) is 11.8 Å². The van der Waals surface area contributed by atoms with Gasteiger partial charge in [-0.15, -0.1) is 0 Å². The minimum absolute atomic E-state index is 0.134. The van der Waals surface area contributed by atoms with Crippen LogP contribution < -0.4 is 15.4 Å². The minimum atomic E-state index is -0.723. The number of anilines is 1. The summed E-state index contributed by atoms with van der Waals surface area (Å²) in [6, 6.07) is 16.4.